The van der Waals surface area contributed by atoms with Crippen LogP contribution >= 0.6 is 0 Å². The topological polar surface area (TPSA) is 83.5 Å². The fourth-order valence-corrected chi connectivity index (χ4v) is 4.09. The number of carboxylic acid groups (broad SMARTS) is 1. The van der Waals surface area contributed by atoms with Crippen LogP contribution in [-0.2, 0) is 22.9 Å². The number of aryl methyl sites for hydroxylation is 3. The first-order valence-electron chi connectivity index (χ1n) is 7.36. The van der Waals surface area contributed by atoms with Crippen molar-refractivity contribution in [2.24, 2.45) is 0 Å². The molecular formula is C17H17NO4S. The largest absolute Gasteiger partial charge is 0.478 e. The number of hydrogen-bond donors (Lipinski definition) is 2. The molecule has 0 saturated carbocycles. The van der Waals surface area contributed by atoms with E-state index in [1.54, 1.807) is 31.2 Å². The number of hydrogen-bond acceptors (Lipinski definition) is 3. The van der Waals surface area contributed by atoms with Crippen molar-refractivity contribution in [1.29, 1.82) is 0 Å². The molecule has 120 valence electrons. The molecule has 2 aromatic carbocycles. The standard InChI is InChI=1S/C17H17NO4S/c1-11-4-2-7-15(17(19)20)16(11)18-23(21,22)14-9-8-12-5-3-6-13(12)10-14/h2,4,7-10,18H,3,5-6H2,1H3,(H,19,20). The second-order valence-corrected chi connectivity index (χ2v) is 7.37. The summed E-state index contributed by atoms with van der Waals surface area (Å²) in [4.78, 5) is 11.5. The van der Waals surface area contributed by atoms with E-state index in [1.807, 2.05) is 6.07 Å². The van der Waals surface area contributed by atoms with Crippen molar-refractivity contribution in [3.8, 4) is 0 Å². The van der Waals surface area contributed by atoms with Crippen molar-refractivity contribution in [3.05, 3.63) is 58.7 Å². The second-order valence-electron chi connectivity index (χ2n) is 5.69. The summed E-state index contributed by atoms with van der Waals surface area (Å²) in [6.07, 6.45) is 2.89. The molecule has 0 spiro atoms. The molecule has 0 fully saturated rings. The lowest BCUT2D eigenvalue weighted by Crippen LogP contribution is -2.17. The van der Waals surface area contributed by atoms with Gasteiger partial charge in [-0.25, -0.2) is 13.2 Å². The number of benzene rings is 2. The Bertz CT molecular complexity index is 887. The van der Waals surface area contributed by atoms with Crippen molar-refractivity contribution in [2.75, 3.05) is 4.72 Å². The van der Waals surface area contributed by atoms with Crippen LogP contribution in [0.4, 0.5) is 5.69 Å². The zero-order valence-corrected chi connectivity index (χ0v) is 13.5. The van der Waals surface area contributed by atoms with Crippen LogP contribution in [0.3, 0.4) is 0 Å². The minimum Gasteiger partial charge on any atom is -0.478 e. The summed E-state index contributed by atoms with van der Waals surface area (Å²) in [6.45, 7) is 1.67. The van der Waals surface area contributed by atoms with Gasteiger partial charge in [0.05, 0.1) is 16.1 Å². The van der Waals surface area contributed by atoms with E-state index in [1.165, 1.54) is 11.6 Å². The maximum atomic E-state index is 12.6. The lowest BCUT2D eigenvalue weighted by atomic mass is 10.1. The van der Waals surface area contributed by atoms with Gasteiger partial charge in [0.2, 0.25) is 0 Å². The van der Waals surface area contributed by atoms with E-state index in [9.17, 15) is 18.3 Å². The Hall–Kier alpha value is -2.34. The Morgan fingerprint density at radius 3 is 2.61 bits per heavy atom. The first kappa shape index (κ1) is 15.6. The molecule has 0 heterocycles. The molecule has 0 atom stereocenters. The van der Waals surface area contributed by atoms with Gasteiger partial charge in [0.15, 0.2) is 0 Å². The van der Waals surface area contributed by atoms with Crippen LogP contribution in [0.5, 0.6) is 0 Å². The molecule has 5 nitrogen and oxygen atoms in total. The van der Waals surface area contributed by atoms with E-state index in [4.69, 9.17) is 0 Å². The highest BCUT2D eigenvalue weighted by Crippen LogP contribution is 2.28. The SMILES string of the molecule is Cc1cccc(C(=O)O)c1NS(=O)(=O)c1ccc2c(c1)CCC2. The molecule has 0 bridgehead atoms. The monoisotopic (exact) mass is 331 g/mol. The third-order valence-corrected chi connectivity index (χ3v) is 5.47. The quantitative estimate of drug-likeness (QED) is 0.902. The summed E-state index contributed by atoms with van der Waals surface area (Å²) < 4.78 is 27.7. The second kappa shape index (κ2) is 5.70. The van der Waals surface area contributed by atoms with Crippen molar-refractivity contribution in [3.63, 3.8) is 0 Å². The van der Waals surface area contributed by atoms with Gasteiger partial charge in [-0.2, -0.15) is 0 Å². The van der Waals surface area contributed by atoms with E-state index < -0.39 is 16.0 Å². The predicted octanol–water partition coefficient (Wildman–Crippen LogP) is 2.98. The van der Waals surface area contributed by atoms with Crippen LogP contribution in [-0.4, -0.2) is 19.5 Å². The Morgan fingerprint density at radius 1 is 1.13 bits per heavy atom. The number of anilines is 1. The zero-order chi connectivity index (χ0) is 16.6. The maximum absolute atomic E-state index is 12.6. The normalized spacial score (nSPS) is 13.6. The third-order valence-electron chi connectivity index (χ3n) is 4.12. The first-order valence-corrected chi connectivity index (χ1v) is 8.84. The van der Waals surface area contributed by atoms with Gasteiger partial charge in [-0.15, -0.1) is 0 Å². The Kier molecular flexibility index (Phi) is 3.85. The third kappa shape index (κ3) is 2.94. The molecule has 0 amide bonds. The number of rotatable bonds is 4. The van der Waals surface area contributed by atoms with Gasteiger partial charge in [0.25, 0.3) is 10.0 Å². The summed E-state index contributed by atoms with van der Waals surface area (Å²) >= 11 is 0. The van der Waals surface area contributed by atoms with Crippen LogP contribution in [0.1, 0.15) is 33.5 Å². The first-order chi connectivity index (χ1) is 10.9. The average molecular weight is 331 g/mol. The van der Waals surface area contributed by atoms with E-state index in [2.05, 4.69) is 4.72 Å². The van der Waals surface area contributed by atoms with Gasteiger partial charge in [-0.1, -0.05) is 18.2 Å². The molecule has 0 radical (unpaired) electrons. The van der Waals surface area contributed by atoms with E-state index in [-0.39, 0.29) is 16.1 Å². The number of carbonyl (C=O) groups is 1. The molecule has 6 heteroatoms. The minimum atomic E-state index is -3.83. The lowest BCUT2D eigenvalue weighted by molar-refractivity contribution is 0.0698. The summed E-state index contributed by atoms with van der Waals surface area (Å²) in [7, 11) is -3.83. The summed E-state index contributed by atoms with van der Waals surface area (Å²) in [6, 6.07) is 9.75. The molecule has 3 rings (SSSR count). The highest BCUT2D eigenvalue weighted by molar-refractivity contribution is 7.92. The summed E-state index contributed by atoms with van der Waals surface area (Å²) in [5.74, 6) is -1.17. The van der Waals surface area contributed by atoms with Gasteiger partial charge in [-0.05, 0) is 61.1 Å². The molecule has 1 aliphatic rings. The molecule has 0 aliphatic heterocycles. The number of para-hydroxylation sites is 1. The molecule has 23 heavy (non-hydrogen) atoms. The van der Waals surface area contributed by atoms with Crippen molar-refractivity contribution in [1.82, 2.24) is 0 Å². The summed E-state index contributed by atoms with van der Waals surface area (Å²) in [5.41, 5.74) is 2.85. The van der Waals surface area contributed by atoms with Crippen molar-refractivity contribution in [2.45, 2.75) is 31.1 Å². The van der Waals surface area contributed by atoms with E-state index >= 15 is 0 Å². The number of aromatic carboxylic acids is 1. The Balaban J connectivity index is 2.01. The number of sulfonamides is 1. The summed E-state index contributed by atoms with van der Waals surface area (Å²) in [5, 5.41) is 9.25. The number of carboxylic acids is 1. The van der Waals surface area contributed by atoms with E-state index in [0.717, 1.165) is 24.8 Å². The molecule has 0 aromatic heterocycles. The Labute approximate surface area is 135 Å². The predicted molar refractivity (Wildman–Crippen MR) is 87.4 cm³/mol. The van der Waals surface area contributed by atoms with Crippen molar-refractivity contribution < 1.29 is 18.3 Å². The van der Waals surface area contributed by atoms with Crippen LogP contribution in [0.15, 0.2) is 41.3 Å². The fraction of sp³-hybridized carbons (Fsp3) is 0.235. The maximum Gasteiger partial charge on any atom is 0.337 e. The van der Waals surface area contributed by atoms with E-state index in [0.29, 0.717) is 5.56 Å². The van der Waals surface area contributed by atoms with Gasteiger partial charge in [0, 0.05) is 0 Å². The van der Waals surface area contributed by atoms with Crippen LogP contribution in [0, 0.1) is 6.92 Å². The molecule has 2 N–H and O–H groups in total. The van der Waals surface area contributed by atoms with Gasteiger partial charge in [-0.3, -0.25) is 4.72 Å². The van der Waals surface area contributed by atoms with Crippen molar-refractivity contribution >= 4 is 21.7 Å². The zero-order valence-electron chi connectivity index (χ0n) is 12.7. The van der Waals surface area contributed by atoms with Crippen LogP contribution in [0.2, 0.25) is 0 Å². The molecule has 1 aliphatic carbocycles. The average Bonchev–Trinajstić information content (AvgIpc) is 2.96. The fourth-order valence-electron chi connectivity index (χ4n) is 2.89. The number of fused-ring (bicyclic) bond motifs is 1. The molecular weight excluding hydrogens is 314 g/mol. The van der Waals surface area contributed by atoms with Crippen LogP contribution < -0.4 is 4.72 Å². The van der Waals surface area contributed by atoms with Gasteiger partial charge < -0.3 is 5.11 Å². The highest BCUT2D eigenvalue weighted by Gasteiger charge is 2.22. The molecule has 0 saturated heterocycles. The number of nitrogens with one attached hydrogen (secondary N) is 1. The highest BCUT2D eigenvalue weighted by atomic mass is 32.2. The smallest absolute Gasteiger partial charge is 0.337 e. The lowest BCUT2D eigenvalue weighted by Gasteiger charge is -2.14. The van der Waals surface area contributed by atoms with Crippen LogP contribution in [0.25, 0.3) is 0 Å². The molecule has 2 aromatic rings. The minimum absolute atomic E-state index is 0.0604. The van der Waals surface area contributed by atoms with Gasteiger partial charge in [0.1, 0.15) is 0 Å². The van der Waals surface area contributed by atoms with Gasteiger partial charge >= 0.3 is 5.97 Å². The molecule has 0 unspecified atom stereocenters. The Morgan fingerprint density at radius 2 is 1.87 bits per heavy atom.